The van der Waals surface area contributed by atoms with Gasteiger partial charge in [-0.3, -0.25) is 0 Å². The number of rotatable bonds is 0. The van der Waals surface area contributed by atoms with Crippen LogP contribution < -0.4 is 0 Å². The minimum absolute atomic E-state index is 0. The number of hydrogen-bond donors (Lipinski definition) is 0. The number of aromatic nitrogens is 1. The van der Waals surface area contributed by atoms with Gasteiger partial charge in [0.25, 0.3) is 0 Å². The monoisotopic (exact) mass is 169 g/mol. The minimum atomic E-state index is 0. The van der Waals surface area contributed by atoms with Crippen LogP contribution in [0.3, 0.4) is 0 Å². The van der Waals surface area contributed by atoms with Crippen LogP contribution in [0.1, 0.15) is 5.01 Å². The molecule has 0 saturated heterocycles. The average molecular weight is 170 g/mol. The molecule has 1 aromatic heterocycles. The highest BCUT2D eigenvalue weighted by Gasteiger charge is 1.88. The molecule has 0 saturated carbocycles. The van der Waals surface area contributed by atoms with Crippen molar-refractivity contribution < 1.29 is 0 Å². The highest BCUT2D eigenvalue weighted by molar-refractivity contribution is 7.09. The lowest BCUT2D eigenvalue weighted by molar-refractivity contribution is 1.30. The maximum atomic E-state index is 5.46. The molecule has 0 aliphatic rings. The highest BCUT2D eigenvalue weighted by Crippen LogP contribution is 2.11. The molecule has 1 aromatic rings. The third kappa shape index (κ3) is 1.99. The average Bonchev–Trinajstić information content (AvgIpc) is 1.87. The van der Waals surface area contributed by atoms with Gasteiger partial charge in [-0.25, -0.2) is 4.98 Å². The molecule has 1 heterocycles. The zero-order chi connectivity index (χ0) is 5.28. The second-order valence-electron chi connectivity index (χ2n) is 1.19. The first-order valence-electron chi connectivity index (χ1n) is 1.86. The fourth-order valence-electron chi connectivity index (χ4n) is 0.337. The standard InChI is InChI=1S/C4H4ClNS.ClH/c1-3-6-4(5)2-7-3;/h2H,1H3;1H. The number of nitrogens with zero attached hydrogens (tertiary/aromatic N) is 1. The topological polar surface area (TPSA) is 12.9 Å². The van der Waals surface area contributed by atoms with Crippen LogP contribution in [-0.4, -0.2) is 4.98 Å². The zero-order valence-corrected chi connectivity index (χ0v) is 6.61. The molecular weight excluding hydrogens is 165 g/mol. The number of halogens is 2. The van der Waals surface area contributed by atoms with Crippen molar-refractivity contribution in [2.75, 3.05) is 0 Å². The molecule has 0 fully saturated rings. The molecule has 0 N–H and O–H groups in total. The van der Waals surface area contributed by atoms with Gasteiger partial charge in [-0.1, -0.05) is 11.6 Å². The van der Waals surface area contributed by atoms with E-state index in [1.165, 1.54) is 0 Å². The molecule has 1 nitrogen and oxygen atoms in total. The van der Waals surface area contributed by atoms with E-state index in [-0.39, 0.29) is 12.4 Å². The molecule has 0 aromatic carbocycles. The van der Waals surface area contributed by atoms with Gasteiger partial charge in [-0.15, -0.1) is 23.7 Å². The second-order valence-corrected chi connectivity index (χ2v) is 2.64. The Bertz CT molecular complexity index is 146. The summed E-state index contributed by atoms with van der Waals surface area (Å²) in [6.45, 7) is 1.93. The molecule has 0 aliphatic heterocycles. The van der Waals surface area contributed by atoms with Crippen LogP contribution in [0.2, 0.25) is 5.15 Å². The molecule has 0 bridgehead atoms. The van der Waals surface area contributed by atoms with E-state index in [2.05, 4.69) is 4.98 Å². The van der Waals surface area contributed by atoms with E-state index in [4.69, 9.17) is 11.6 Å². The zero-order valence-electron chi connectivity index (χ0n) is 4.22. The lowest BCUT2D eigenvalue weighted by atomic mass is 10.8. The Morgan fingerprint density at radius 3 is 2.50 bits per heavy atom. The van der Waals surface area contributed by atoms with Crippen molar-refractivity contribution in [3.05, 3.63) is 15.5 Å². The van der Waals surface area contributed by atoms with E-state index < -0.39 is 0 Å². The summed E-state index contributed by atoms with van der Waals surface area (Å²) < 4.78 is 0. The first-order valence-corrected chi connectivity index (χ1v) is 3.12. The van der Waals surface area contributed by atoms with Gasteiger partial charge in [-0.05, 0) is 6.92 Å². The number of aryl methyl sites for hydroxylation is 1. The molecule has 0 atom stereocenters. The molecule has 0 aliphatic carbocycles. The molecule has 4 heteroatoms. The quantitative estimate of drug-likeness (QED) is 0.582. The second kappa shape index (κ2) is 3.28. The van der Waals surface area contributed by atoms with Crippen molar-refractivity contribution in [2.24, 2.45) is 0 Å². The van der Waals surface area contributed by atoms with Crippen LogP contribution in [0.4, 0.5) is 0 Å². The molecule has 0 spiro atoms. The van der Waals surface area contributed by atoms with Gasteiger partial charge in [0.15, 0.2) is 0 Å². The van der Waals surface area contributed by atoms with Crippen molar-refractivity contribution in [1.29, 1.82) is 0 Å². The van der Waals surface area contributed by atoms with Crippen molar-refractivity contribution in [3.8, 4) is 0 Å². The summed E-state index contributed by atoms with van der Waals surface area (Å²) in [6.07, 6.45) is 0. The van der Waals surface area contributed by atoms with Crippen LogP contribution >= 0.6 is 35.3 Å². The predicted octanol–water partition coefficient (Wildman–Crippen LogP) is 2.53. The Morgan fingerprint density at radius 2 is 2.38 bits per heavy atom. The summed E-state index contributed by atoms with van der Waals surface area (Å²) in [5.41, 5.74) is 0. The Labute approximate surface area is 63.1 Å². The first-order chi connectivity index (χ1) is 3.29. The molecule has 8 heavy (non-hydrogen) atoms. The fraction of sp³-hybridized carbons (Fsp3) is 0.250. The van der Waals surface area contributed by atoms with Crippen molar-refractivity contribution >= 4 is 35.3 Å². The van der Waals surface area contributed by atoms with Gasteiger partial charge < -0.3 is 0 Å². The van der Waals surface area contributed by atoms with Crippen molar-refractivity contribution in [3.63, 3.8) is 0 Å². The van der Waals surface area contributed by atoms with E-state index in [9.17, 15) is 0 Å². The molecular formula is C4H5Cl2NS. The maximum absolute atomic E-state index is 5.46. The predicted molar refractivity (Wildman–Crippen MR) is 39.1 cm³/mol. The van der Waals surface area contributed by atoms with Gasteiger partial charge in [0.1, 0.15) is 5.15 Å². The normalized spacial score (nSPS) is 8.25. The molecule has 0 unspecified atom stereocenters. The lowest BCUT2D eigenvalue weighted by Gasteiger charge is -1.68. The summed E-state index contributed by atoms with van der Waals surface area (Å²) in [4.78, 5) is 3.90. The summed E-state index contributed by atoms with van der Waals surface area (Å²) in [5, 5.41) is 3.43. The van der Waals surface area contributed by atoms with Crippen molar-refractivity contribution in [2.45, 2.75) is 6.92 Å². The first kappa shape index (κ1) is 8.21. The van der Waals surface area contributed by atoms with Gasteiger partial charge in [0.2, 0.25) is 0 Å². The largest absolute Gasteiger partial charge is 0.230 e. The highest BCUT2D eigenvalue weighted by atomic mass is 35.5. The van der Waals surface area contributed by atoms with E-state index in [1.807, 2.05) is 12.3 Å². The third-order valence-corrected chi connectivity index (χ3v) is 1.69. The van der Waals surface area contributed by atoms with Crippen LogP contribution in [0.25, 0.3) is 0 Å². The summed E-state index contributed by atoms with van der Waals surface area (Å²) >= 11 is 7.02. The van der Waals surface area contributed by atoms with Crippen LogP contribution in [-0.2, 0) is 0 Å². The molecule has 46 valence electrons. The smallest absolute Gasteiger partial charge is 0.140 e. The van der Waals surface area contributed by atoms with E-state index >= 15 is 0 Å². The summed E-state index contributed by atoms with van der Waals surface area (Å²) in [5.74, 6) is 0. The van der Waals surface area contributed by atoms with E-state index in [1.54, 1.807) is 11.3 Å². The SMILES string of the molecule is Cc1nc(Cl)cs1.Cl. The van der Waals surface area contributed by atoms with Crippen molar-refractivity contribution in [1.82, 2.24) is 4.98 Å². The van der Waals surface area contributed by atoms with E-state index in [0.717, 1.165) is 5.01 Å². The van der Waals surface area contributed by atoms with E-state index in [0.29, 0.717) is 5.15 Å². The van der Waals surface area contributed by atoms with Crippen LogP contribution in [0.5, 0.6) is 0 Å². The minimum Gasteiger partial charge on any atom is -0.230 e. The van der Waals surface area contributed by atoms with Crippen LogP contribution in [0, 0.1) is 6.92 Å². The molecule has 1 rings (SSSR count). The van der Waals surface area contributed by atoms with Crippen LogP contribution in [0.15, 0.2) is 5.38 Å². The fourth-order valence-corrected chi connectivity index (χ4v) is 1.12. The Balaban J connectivity index is 0.000000490. The van der Waals surface area contributed by atoms with Gasteiger partial charge in [0, 0.05) is 5.38 Å². The Kier molecular flexibility index (Phi) is 3.36. The Morgan fingerprint density at radius 1 is 1.75 bits per heavy atom. The number of thiazole rings is 1. The van der Waals surface area contributed by atoms with Gasteiger partial charge in [0.05, 0.1) is 5.01 Å². The number of hydrogen-bond acceptors (Lipinski definition) is 2. The molecule has 0 amide bonds. The molecule has 0 radical (unpaired) electrons. The lowest BCUT2D eigenvalue weighted by Crippen LogP contribution is -1.61. The summed E-state index contributed by atoms with van der Waals surface area (Å²) in [6, 6.07) is 0. The summed E-state index contributed by atoms with van der Waals surface area (Å²) in [7, 11) is 0. The third-order valence-electron chi connectivity index (χ3n) is 0.591. The van der Waals surface area contributed by atoms with Gasteiger partial charge in [-0.2, -0.15) is 0 Å². The maximum Gasteiger partial charge on any atom is 0.140 e. The van der Waals surface area contributed by atoms with Gasteiger partial charge >= 0.3 is 0 Å². The Hall–Kier alpha value is 0.210.